The molecule has 2 aromatic carbocycles. The Morgan fingerprint density at radius 2 is 1.69 bits per heavy atom. The molecule has 0 unspecified atom stereocenters. The Labute approximate surface area is 154 Å². The molecule has 2 aromatic rings. The highest BCUT2D eigenvalue weighted by Gasteiger charge is 2.38. The van der Waals surface area contributed by atoms with Gasteiger partial charge >= 0.3 is 5.97 Å². The second kappa shape index (κ2) is 7.16. The van der Waals surface area contributed by atoms with Crippen LogP contribution in [0.4, 0.5) is 5.69 Å². The number of ether oxygens (including phenoxy) is 1. The number of hydrogen-bond acceptors (Lipinski definition) is 4. The molecule has 1 aliphatic rings. The number of carbonyl (C=O) groups is 2. The monoisotopic (exact) mass is 349 g/mol. The normalized spacial score (nSPS) is 16.4. The summed E-state index contributed by atoms with van der Waals surface area (Å²) < 4.78 is 5.15. The fourth-order valence-electron chi connectivity index (χ4n) is 3.42. The Hall–Kier alpha value is -2.88. The van der Waals surface area contributed by atoms with Crippen molar-refractivity contribution in [3.05, 3.63) is 77.5 Å². The third-order valence-corrected chi connectivity index (χ3v) is 4.80. The van der Waals surface area contributed by atoms with Crippen molar-refractivity contribution >= 4 is 17.4 Å². The molecule has 4 heteroatoms. The molecule has 0 aromatic heterocycles. The summed E-state index contributed by atoms with van der Waals surface area (Å²) in [5.41, 5.74) is 3.79. The smallest absolute Gasteiger partial charge is 0.310 e. The highest BCUT2D eigenvalue weighted by molar-refractivity contribution is 5.94. The highest BCUT2D eigenvalue weighted by atomic mass is 16.5. The van der Waals surface area contributed by atoms with Gasteiger partial charge in [-0.15, -0.1) is 0 Å². The summed E-state index contributed by atoms with van der Waals surface area (Å²) in [6.07, 6.45) is 1.76. The first-order chi connectivity index (χ1) is 12.4. The second-order valence-corrected chi connectivity index (χ2v) is 7.02. The van der Waals surface area contributed by atoms with E-state index in [0.717, 1.165) is 16.9 Å². The van der Waals surface area contributed by atoms with Crippen molar-refractivity contribution in [2.75, 3.05) is 18.6 Å². The molecule has 0 amide bonds. The van der Waals surface area contributed by atoms with Gasteiger partial charge in [0.15, 0.2) is 12.4 Å². The van der Waals surface area contributed by atoms with Gasteiger partial charge in [0, 0.05) is 29.9 Å². The fourth-order valence-corrected chi connectivity index (χ4v) is 3.42. The van der Waals surface area contributed by atoms with Gasteiger partial charge in [-0.3, -0.25) is 9.59 Å². The number of rotatable bonds is 5. The van der Waals surface area contributed by atoms with Crippen LogP contribution in [0.15, 0.2) is 66.4 Å². The Kier molecular flexibility index (Phi) is 4.94. The van der Waals surface area contributed by atoms with Gasteiger partial charge in [0.1, 0.15) is 0 Å². The summed E-state index contributed by atoms with van der Waals surface area (Å²) in [6, 6.07) is 17.5. The van der Waals surface area contributed by atoms with Crippen LogP contribution < -0.4 is 4.90 Å². The van der Waals surface area contributed by atoms with E-state index in [1.807, 2.05) is 60.5 Å². The standard InChI is InChI=1S/C22H23NO3/c1-22(2)18-11-7-8-12-19(18)23(3)20(22)14-17(24)15-26-21(25)13-16-9-5-4-6-10-16/h4-12,14H,13,15H2,1-3H3. The molecule has 1 aliphatic heterocycles. The minimum atomic E-state index is -0.398. The zero-order valence-electron chi connectivity index (χ0n) is 15.4. The number of fused-ring (bicyclic) bond motifs is 1. The van der Waals surface area contributed by atoms with Gasteiger partial charge in [0.2, 0.25) is 0 Å². The molecule has 4 nitrogen and oxygen atoms in total. The molecule has 0 fully saturated rings. The lowest BCUT2D eigenvalue weighted by Crippen LogP contribution is -2.25. The zero-order chi connectivity index (χ0) is 18.7. The van der Waals surface area contributed by atoms with Crippen molar-refractivity contribution in [1.82, 2.24) is 0 Å². The predicted octanol–water partition coefficient (Wildman–Crippen LogP) is 3.65. The average molecular weight is 349 g/mol. The summed E-state index contributed by atoms with van der Waals surface area (Å²) in [6.45, 7) is 3.95. The van der Waals surface area contributed by atoms with Crippen LogP contribution in [-0.2, 0) is 26.2 Å². The lowest BCUT2D eigenvalue weighted by molar-refractivity contribution is -0.146. The topological polar surface area (TPSA) is 46.6 Å². The van der Waals surface area contributed by atoms with E-state index in [1.165, 1.54) is 5.56 Å². The van der Waals surface area contributed by atoms with Crippen LogP contribution >= 0.6 is 0 Å². The molecule has 0 spiro atoms. The quantitative estimate of drug-likeness (QED) is 0.611. The summed E-state index contributed by atoms with van der Waals surface area (Å²) in [5.74, 6) is -0.612. The van der Waals surface area contributed by atoms with Crippen molar-refractivity contribution in [1.29, 1.82) is 0 Å². The first kappa shape index (κ1) is 17.9. The minimum Gasteiger partial charge on any atom is -0.457 e. The maximum Gasteiger partial charge on any atom is 0.310 e. The van der Waals surface area contributed by atoms with E-state index >= 15 is 0 Å². The van der Waals surface area contributed by atoms with Crippen LogP contribution in [0.1, 0.15) is 25.0 Å². The number of allylic oxidation sites excluding steroid dienone is 1. The van der Waals surface area contributed by atoms with E-state index in [1.54, 1.807) is 6.08 Å². The van der Waals surface area contributed by atoms with Gasteiger partial charge in [-0.05, 0) is 17.2 Å². The lowest BCUT2D eigenvalue weighted by atomic mass is 9.83. The molecule has 0 N–H and O–H groups in total. The summed E-state index contributed by atoms with van der Waals surface area (Å²) in [4.78, 5) is 26.3. The molecule has 1 heterocycles. The van der Waals surface area contributed by atoms with Crippen molar-refractivity contribution in [3.8, 4) is 0 Å². The van der Waals surface area contributed by atoms with Crippen LogP contribution in [0, 0.1) is 0 Å². The SMILES string of the molecule is CN1C(=CC(=O)COC(=O)Cc2ccccc2)C(C)(C)c2ccccc21. The maximum atomic E-state index is 12.4. The molecular formula is C22H23NO3. The minimum absolute atomic E-state index is 0.168. The first-order valence-corrected chi connectivity index (χ1v) is 8.67. The Morgan fingerprint density at radius 3 is 2.38 bits per heavy atom. The molecular weight excluding hydrogens is 326 g/mol. The highest BCUT2D eigenvalue weighted by Crippen LogP contribution is 2.46. The van der Waals surface area contributed by atoms with E-state index in [2.05, 4.69) is 19.9 Å². The number of anilines is 1. The summed E-state index contributed by atoms with van der Waals surface area (Å²) >= 11 is 0. The predicted molar refractivity (Wildman–Crippen MR) is 102 cm³/mol. The molecule has 0 atom stereocenters. The van der Waals surface area contributed by atoms with Crippen LogP contribution in [0.2, 0.25) is 0 Å². The van der Waals surface area contributed by atoms with E-state index < -0.39 is 5.97 Å². The van der Waals surface area contributed by atoms with Crippen molar-refractivity contribution < 1.29 is 14.3 Å². The van der Waals surface area contributed by atoms with Gasteiger partial charge in [0.25, 0.3) is 0 Å². The van der Waals surface area contributed by atoms with Crippen LogP contribution in [0.25, 0.3) is 0 Å². The van der Waals surface area contributed by atoms with Crippen LogP contribution in [-0.4, -0.2) is 25.4 Å². The lowest BCUT2D eigenvalue weighted by Gasteiger charge is -2.23. The van der Waals surface area contributed by atoms with Gasteiger partial charge in [-0.1, -0.05) is 62.4 Å². The number of esters is 1. The molecule has 0 saturated heterocycles. The van der Waals surface area contributed by atoms with Gasteiger partial charge in [-0.25, -0.2) is 0 Å². The molecule has 0 radical (unpaired) electrons. The molecule has 134 valence electrons. The van der Waals surface area contributed by atoms with Crippen LogP contribution in [0.3, 0.4) is 0 Å². The summed E-state index contributed by atoms with van der Waals surface area (Å²) in [7, 11) is 1.95. The number of carbonyl (C=O) groups excluding carboxylic acids is 2. The van der Waals surface area contributed by atoms with Crippen molar-refractivity contribution in [2.45, 2.75) is 25.7 Å². The number of benzene rings is 2. The Morgan fingerprint density at radius 1 is 1.04 bits per heavy atom. The number of para-hydroxylation sites is 1. The molecule has 0 aliphatic carbocycles. The average Bonchev–Trinajstić information content (AvgIpc) is 2.82. The third kappa shape index (κ3) is 3.54. The number of nitrogens with zero attached hydrogens (tertiary/aromatic N) is 1. The van der Waals surface area contributed by atoms with Gasteiger partial charge < -0.3 is 9.64 Å². The fraction of sp³-hybridized carbons (Fsp3) is 0.273. The first-order valence-electron chi connectivity index (χ1n) is 8.67. The second-order valence-electron chi connectivity index (χ2n) is 7.02. The van der Waals surface area contributed by atoms with Crippen LogP contribution in [0.5, 0.6) is 0 Å². The molecule has 0 saturated carbocycles. The van der Waals surface area contributed by atoms with Crippen molar-refractivity contribution in [3.63, 3.8) is 0 Å². The van der Waals surface area contributed by atoms with Gasteiger partial charge in [-0.2, -0.15) is 0 Å². The zero-order valence-corrected chi connectivity index (χ0v) is 15.4. The van der Waals surface area contributed by atoms with E-state index in [4.69, 9.17) is 4.74 Å². The largest absolute Gasteiger partial charge is 0.457 e. The third-order valence-electron chi connectivity index (χ3n) is 4.80. The Balaban J connectivity index is 1.65. The molecule has 3 rings (SSSR count). The Bertz CT molecular complexity index is 853. The number of ketones is 1. The van der Waals surface area contributed by atoms with E-state index in [0.29, 0.717) is 0 Å². The van der Waals surface area contributed by atoms with E-state index in [-0.39, 0.29) is 24.2 Å². The molecule has 26 heavy (non-hydrogen) atoms. The van der Waals surface area contributed by atoms with Gasteiger partial charge in [0.05, 0.1) is 6.42 Å². The van der Waals surface area contributed by atoms with E-state index in [9.17, 15) is 9.59 Å². The molecule has 0 bridgehead atoms. The number of hydrogen-bond donors (Lipinski definition) is 0. The maximum absolute atomic E-state index is 12.4. The summed E-state index contributed by atoms with van der Waals surface area (Å²) in [5, 5.41) is 0. The van der Waals surface area contributed by atoms with Crippen molar-refractivity contribution in [2.24, 2.45) is 0 Å². The number of likely N-dealkylation sites (N-methyl/N-ethyl adjacent to an activating group) is 1.